The van der Waals surface area contributed by atoms with Gasteiger partial charge in [0.1, 0.15) is 12.4 Å². The molecule has 2 N–H and O–H groups in total. The van der Waals surface area contributed by atoms with E-state index in [1.165, 1.54) is 0 Å². The number of nitrogens with one attached hydrogen (secondary N) is 1. The van der Waals surface area contributed by atoms with Crippen molar-refractivity contribution < 1.29 is 14.6 Å². The second kappa shape index (κ2) is 8.12. The van der Waals surface area contributed by atoms with Crippen molar-refractivity contribution in [1.29, 1.82) is 0 Å². The van der Waals surface area contributed by atoms with Crippen LogP contribution in [0.5, 0.6) is 5.75 Å². The molecule has 128 valence electrons. The van der Waals surface area contributed by atoms with Gasteiger partial charge in [0.25, 0.3) is 5.91 Å². The lowest BCUT2D eigenvalue weighted by Gasteiger charge is -2.15. The fourth-order valence-electron chi connectivity index (χ4n) is 2.36. The number of carbonyl (C=O) groups excluding carboxylic acids is 1. The lowest BCUT2D eigenvalue weighted by Crippen LogP contribution is -2.21. The molecule has 0 aliphatic heterocycles. The first-order valence-corrected chi connectivity index (χ1v) is 7.95. The van der Waals surface area contributed by atoms with E-state index in [1.54, 1.807) is 55.0 Å². The highest BCUT2D eigenvalue weighted by atomic mass is 16.5. The molecule has 1 heterocycles. The van der Waals surface area contributed by atoms with E-state index >= 15 is 0 Å². The van der Waals surface area contributed by atoms with Crippen LogP contribution < -0.4 is 10.1 Å². The number of nitrogens with zero attached hydrogens (tertiary/aromatic N) is 2. The summed E-state index contributed by atoms with van der Waals surface area (Å²) in [4.78, 5) is 16.3. The van der Waals surface area contributed by atoms with Crippen molar-refractivity contribution >= 4 is 11.6 Å². The average Bonchev–Trinajstić information content (AvgIpc) is 3.16. The van der Waals surface area contributed by atoms with Gasteiger partial charge in [-0.1, -0.05) is 42.5 Å². The van der Waals surface area contributed by atoms with E-state index in [9.17, 15) is 9.90 Å². The van der Waals surface area contributed by atoms with Crippen molar-refractivity contribution in [2.45, 2.75) is 12.6 Å². The standard InChI is InChI=1S/C19H19N3O3/c23-18(15-6-2-1-3-7-15)19(24)21-16-8-4-5-9-17(16)25-13-12-22-11-10-20-14-22/h1-11,14,18,23H,12-13H2,(H,21,24). The van der Waals surface area contributed by atoms with Crippen LogP contribution in [0.3, 0.4) is 0 Å². The Morgan fingerprint density at radius 2 is 1.92 bits per heavy atom. The number of rotatable bonds is 7. The molecule has 0 bridgehead atoms. The first-order valence-electron chi connectivity index (χ1n) is 7.95. The SMILES string of the molecule is O=C(Nc1ccccc1OCCn1ccnc1)C(O)c1ccccc1. The van der Waals surface area contributed by atoms with Crippen LogP contribution >= 0.6 is 0 Å². The predicted molar refractivity (Wildman–Crippen MR) is 94.2 cm³/mol. The van der Waals surface area contributed by atoms with Gasteiger partial charge in [0.15, 0.2) is 6.10 Å². The van der Waals surface area contributed by atoms with Crippen LogP contribution in [0, 0.1) is 0 Å². The van der Waals surface area contributed by atoms with Gasteiger partial charge >= 0.3 is 0 Å². The zero-order valence-electron chi connectivity index (χ0n) is 13.6. The largest absolute Gasteiger partial charge is 0.490 e. The smallest absolute Gasteiger partial charge is 0.257 e. The highest BCUT2D eigenvalue weighted by molar-refractivity contribution is 5.95. The summed E-state index contributed by atoms with van der Waals surface area (Å²) in [6.07, 6.45) is 4.04. The summed E-state index contributed by atoms with van der Waals surface area (Å²) < 4.78 is 7.65. The minimum absolute atomic E-state index is 0.435. The molecule has 0 saturated heterocycles. The fraction of sp³-hybridized carbons (Fsp3) is 0.158. The molecule has 0 spiro atoms. The molecule has 0 radical (unpaired) electrons. The maximum absolute atomic E-state index is 12.3. The average molecular weight is 337 g/mol. The monoisotopic (exact) mass is 337 g/mol. The number of anilines is 1. The molecule has 3 aromatic rings. The molecule has 0 aliphatic carbocycles. The summed E-state index contributed by atoms with van der Waals surface area (Å²) in [5, 5.41) is 12.9. The number of hydrogen-bond donors (Lipinski definition) is 2. The molecule has 0 aliphatic rings. The lowest BCUT2D eigenvalue weighted by molar-refractivity contribution is -0.124. The van der Waals surface area contributed by atoms with Gasteiger partial charge in [-0.2, -0.15) is 0 Å². The van der Waals surface area contributed by atoms with Crippen LogP contribution in [0.15, 0.2) is 73.3 Å². The topological polar surface area (TPSA) is 76.4 Å². The Bertz CT molecular complexity index is 804. The molecule has 1 amide bonds. The summed E-state index contributed by atoms with van der Waals surface area (Å²) in [5.41, 5.74) is 1.06. The third-order valence-corrected chi connectivity index (χ3v) is 3.67. The third-order valence-electron chi connectivity index (χ3n) is 3.67. The van der Waals surface area contributed by atoms with Crippen molar-refractivity contribution in [2.24, 2.45) is 0 Å². The Morgan fingerprint density at radius 3 is 2.68 bits per heavy atom. The molecular formula is C19H19N3O3. The second-order valence-corrected chi connectivity index (χ2v) is 5.45. The molecule has 6 nitrogen and oxygen atoms in total. The molecule has 0 saturated carbocycles. The molecule has 3 rings (SSSR count). The first-order chi connectivity index (χ1) is 12.2. The van der Waals surface area contributed by atoms with E-state index in [0.29, 0.717) is 30.2 Å². The zero-order chi connectivity index (χ0) is 17.5. The van der Waals surface area contributed by atoms with Gasteiger partial charge in [-0.3, -0.25) is 4.79 Å². The number of aromatic nitrogens is 2. The number of para-hydroxylation sites is 2. The lowest BCUT2D eigenvalue weighted by atomic mass is 10.1. The number of imidazole rings is 1. The molecular weight excluding hydrogens is 318 g/mol. The molecule has 6 heteroatoms. The Kier molecular flexibility index (Phi) is 5.43. The fourth-order valence-corrected chi connectivity index (χ4v) is 2.36. The van der Waals surface area contributed by atoms with Crippen LogP contribution in [0.25, 0.3) is 0 Å². The van der Waals surface area contributed by atoms with Gasteiger partial charge in [-0.05, 0) is 17.7 Å². The van der Waals surface area contributed by atoms with Crippen LogP contribution in [-0.4, -0.2) is 27.2 Å². The van der Waals surface area contributed by atoms with Crippen molar-refractivity contribution in [3.8, 4) is 5.75 Å². The van der Waals surface area contributed by atoms with Crippen LogP contribution in [0.1, 0.15) is 11.7 Å². The minimum atomic E-state index is -1.24. The minimum Gasteiger partial charge on any atom is -0.490 e. The van der Waals surface area contributed by atoms with Crippen molar-refractivity contribution in [3.05, 3.63) is 78.9 Å². The normalized spacial score (nSPS) is 11.7. The Labute approximate surface area is 145 Å². The van der Waals surface area contributed by atoms with Crippen LogP contribution in [-0.2, 0) is 11.3 Å². The van der Waals surface area contributed by atoms with Crippen LogP contribution in [0.4, 0.5) is 5.69 Å². The Hall–Kier alpha value is -3.12. The van der Waals surface area contributed by atoms with E-state index < -0.39 is 12.0 Å². The quantitative estimate of drug-likeness (QED) is 0.695. The molecule has 2 aromatic carbocycles. The van der Waals surface area contributed by atoms with E-state index in [2.05, 4.69) is 10.3 Å². The van der Waals surface area contributed by atoms with E-state index in [-0.39, 0.29) is 0 Å². The third kappa shape index (κ3) is 4.45. The zero-order valence-corrected chi connectivity index (χ0v) is 13.6. The second-order valence-electron chi connectivity index (χ2n) is 5.45. The summed E-state index contributed by atoms with van der Waals surface area (Å²) >= 11 is 0. The first kappa shape index (κ1) is 16.7. The van der Waals surface area contributed by atoms with Gasteiger partial charge in [0, 0.05) is 12.4 Å². The number of benzene rings is 2. The summed E-state index contributed by atoms with van der Waals surface area (Å²) in [5.74, 6) is 0.0492. The number of aliphatic hydroxyl groups is 1. The molecule has 0 fully saturated rings. The number of carbonyl (C=O) groups is 1. The summed E-state index contributed by atoms with van der Waals surface area (Å²) in [6.45, 7) is 1.08. The highest BCUT2D eigenvalue weighted by Gasteiger charge is 2.18. The predicted octanol–water partition coefficient (Wildman–Crippen LogP) is 2.63. The molecule has 1 aromatic heterocycles. The number of aliphatic hydroxyl groups excluding tert-OH is 1. The van der Waals surface area contributed by atoms with Crippen LogP contribution in [0.2, 0.25) is 0 Å². The van der Waals surface area contributed by atoms with Gasteiger partial charge in [-0.25, -0.2) is 4.98 Å². The highest BCUT2D eigenvalue weighted by Crippen LogP contribution is 2.25. The van der Waals surface area contributed by atoms with E-state index in [0.717, 1.165) is 0 Å². The number of ether oxygens (including phenoxy) is 1. The van der Waals surface area contributed by atoms with Crippen molar-refractivity contribution in [2.75, 3.05) is 11.9 Å². The molecule has 1 atom stereocenters. The van der Waals surface area contributed by atoms with Gasteiger partial charge in [-0.15, -0.1) is 0 Å². The van der Waals surface area contributed by atoms with E-state index in [1.807, 2.05) is 22.9 Å². The Morgan fingerprint density at radius 1 is 1.16 bits per heavy atom. The molecule has 25 heavy (non-hydrogen) atoms. The maximum atomic E-state index is 12.3. The Balaban J connectivity index is 1.63. The van der Waals surface area contributed by atoms with Gasteiger partial charge in [0.05, 0.1) is 18.6 Å². The number of hydrogen-bond acceptors (Lipinski definition) is 4. The van der Waals surface area contributed by atoms with E-state index in [4.69, 9.17) is 4.74 Å². The number of amides is 1. The molecule has 1 unspecified atom stereocenters. The summed E-state index contributed by atoms with van der Waals surface area (Å²) in [7, 11) is 0. The summed E-state index contributed by atoms with van der Waals surface area (Å²) in [6, 6.07) is 15.9. The van der Waals surface area contributed by atoms with Crippen molar-refractivity contribution in [3.63, 3.8) is 0 Å². The van der Waals surface area contributed by atoms with Gasteiger partial charge in [0.2, 0.25) is 0 Å². The van der Waals surface area contributed by atoms with Crippen molar-refractivity contribution in [1.82, 2.24) is 9.55 Å². The maximum Gasteiger partial charge on any atom is 0.257 e. The van der Waals surface area contributed by atoms with Gasteiger partial charge < -0.3 is 19.7 Å².